The normalized spacial score (nSPS) is 24.1. The first-order chi connectivity index (χ1) is 25.3. The number of pyridine rings is 1. The summed E-state index contributed by atoms with van der Waals surface area (Å²) in [5.74, 6) is -1.12. The van der Waals surface area contributed by atoms with E-state index in [1.807, 2.05) is 44.6 Å². The second-order valence-corrected chi connectivity index (χ2v) is 18.5. The zero-order chi connectivity index (χ0) is 38.1. The molecule has 288 valence electrons. The standard InChI is InChI=1S/C39H53N5O7S2/c1-23(2)32-22-52-37(41-32)31-19-34(29-14-15-33(50-6)24(3)35(29)40-31)51-27-17-25(21-45)30(18-27)36(46)42-39(38(47)43-53(48,49)28-12-13-28)20-26(39)11-9-7-8-10-16-44(4)5/h14-15,19,21-23,25-28,30H,7-13,16-18,20H2,1-6H3,(H,42,46)(H,43,47)/t25-,26+,27-,30+,39+/m0/s1. The monoisotopic (exact) mass is 767 g/mol. The van der Waals surface area contributed by atoms with Gasteiger partial charge in [0, 0.05) is 28.3 Å². The molecule has 53 heavy (non-hydrogen) atoms. The molecular weight excluding hydrogens is 715 g/mol. The van der Waals surface area contributed by atoms with Gasteiger partial charge in [-0.15, -0.1) is 11.3 Å². The number of rotatable bonds is 18. The van der Waals surface area contributed by atoms with Crippen LogP contribution in [0.4, 0.5) is 0 Å². The van der Waals surface area contributed by atoms with Crippen molar-refractivity contribution in [1.82, 2.24) is 24.9 Å². The van der Waals surface area contributed by atoms with Crippen LogP contribution in [0.1, 0.15) is 95.2 Å². The number of sulfonamides is 1. The summed E-state index contributed by atoms with van der Waals surface area (Å²) >= 11 is 1.51. The summed E-state index contributed by atoms with van der Waals surface area (Å²) in [5.41, 5.74) is 1.89. The van der Waals surface area contributed by atoms with E-state index in [4.69, 9.17) is 19.4 Å². The molecule has 14 heteroatoms. The molecule has 3 aliphatic carbocycles. The van der Waals surface area contributed by atoms with Crippen molar-refractivity contribution in [2.45, 2.75) is 108 Å². The Morgan fingerprint density at radius 2 is 1.85 bits per heavy atom. The van der Waals surface area contributed by atoms with Gasteiger partial charge in [0.1, 0.15) is 40.1 Å². The Balaban J connectivity index is 1.20. The number of methoxy groups -OCH3 is 1. The number of aldehydes is 1. The molecule has 0 aliphatic heterocycles. The summed E-state index contributed by atoms with van der Waals surface area (Å²) in [7, 11) is 1.90. The van der Waals surface area contributed by atoms with Gasteiger partial charge in [0.25, 0.3) is 5.91 Å². The molecule has 6 rings (SSSR count). The van der Waals surface area contributed by atoms with Crippen LogP contribution >= 0.6 is 11.3 Å². The molecule has 3 fully saturated rings. The Kier molecular flexibility index (Phi) is 11.8. The predicted octanol–water partition coefficient (Wildman–Crippen LogP) is 5.77. The topological polar surface area (TPSA) is 157 Å². The molecule has 3 aromatic rings. The fraction of sp³-hybridized carbons (Fsp3) is 0.615. The van der Waals surface area contributed by atoms with E-state index in [-0.39, 0.29) is 18.3 Å². The SMILES string of the molecule is COc1ccc2c(O[C@H]3C[C@@H](C=O)[C@H](C(=O)N[C@]4(C(=O)NS(=O)(=O)C5CC5)C[C@H]4CCCCCCN(C)C)C3)cc(-c3nc(C(C)C)cs3)nc2c1C. The summed E-state index contributed by atoms with van der Waals surface area (Å²) in [4.78, 5) is 52.1. The fourth-order valence-electron chi connectivity index (χ4n) is 7.56. The number of fused-ring (bicyclic) bond motifs is 1. The van der Waals surface area contributed by atoms with Crippen LogP contribution in [0.5, 0.6) is 11.5 Å². The van der Waals surface area contributed by atoms with E-state index >= 15 is 0 Å². The molecule has 1 aromatic carbocycles. The third-order valence-electron chi connectivity index (χ3n) is 11.0. The van der Waals surface area contributed by atoms with Gasteiger partial charge in [-0.3, -0.25) is 14.3 Å². The zero-order valence-electron chi connectivity index (χ0n) is 31.6. The van der Waals surface area contributed by atoms with Gasteiger partial charge in [-0.2, -0.15) is 0 Å². The number of ether oxygens (including phenoxy) is 2. The van der Waals surface area contributed by atoms with Gasteiger partial charge in [0.05, 0.1) is 29.5 Å². The summed E-state index contributed by atoms with van der Waals surface area (Å²) in [6.45, 7) is 7.13. The van der Waals surface area contributed by atoms with Crippen LogP contribution < -0.4 is 19.5 Å². The molecule has 12 nitrogen and oxygen atoms in total. The van der Waals surface area contributed by atoms with Gasteiger partial charge in [0.15, 0.2) is 0 Å². The Morgan fingerprint density at radius 3 is 2.51 bits per heavy atom. The lowest BCUT2D eigenvalue weighted by Gasteiger charge is -2.23. The number of amides is 2. The van der Waals surface area contributed by atoms with Crippen molar-refractivity contribution in [2.24, 2.45) is 17.8 Å². The highest BCUT2D eigenvalue weighted by molar-refractivity contribution is 7.91. The second kappa shape index (κ2) is 16.0. The molecule has 2 amide bonds. The Hall–Kier alpha value is -3.62. The number of thiazole rings is 1. The maximum absolute atomic E-state index is 14.0. The summed E-state index contributed by atoms with van der Waals surface area (Å²) in [5, 5.41) is 5.98. The number of nitrogens with one attached hydrogen (secondary N) is 2. The van der Waals surface area contributed by atoms with Crippen molar-refractivity contribution < 1.29 is 32.3 Å². The number of carbonyl (C=O) groups excluding carboxylic acids is 3. The molecule has 5 atom stereocenters. The molecular formula is C39H53N5O7S2. The molecule has 0 unspecified atom stereocenters. The van der Waals surface area contributed by atoms with Crippen LogP contribution in [0.3, 0.4) is 0 Å². The number of hydrogen-bond acceptors (Lipinski definition) is 11. The molecule has 0 spiro atoms. The van der Waals surface area contributed by atoms with Crippen molar-refractivity contribution in [2.75, 3.05) is 27.7 Å². The van der Waals surface area contributed by atoms with Crippen molar-refractivity contribution in [1.29, 1.82) is 0 Å². The Labute approximate surface area is 316 Å². The van der Waals surface area contributed by atoms with Crippen molar-refractivity contribution in [3.63, 3.8) is 0 Å². The summed E-state index contributed by atoms with van der Waals surface area (Å²) in [6, 6.07) is 5.64. The van der Waals surface area contributed by atoms with E-state index in [0.29, 0.717) is 54.8 Å². The quantitative estimate of drug-likeness (QED) is 0.120. The average Bonchev–Trinajstić information content (AvgIpc) is 3.99. The van der Waals surface area contributed by atoms with Gasteiger partial charge in [-0.25, -0.2) is 18.4 Å². The third kappa shape index (κ3) is 8.70. The fourth-order valence-corrected chi connectivity index (χ4v) is 9.86. The van der Waals surface area contributed by atoms with Gasteiger partial charge in [-0.05, 0) is 96.5 Å². The molecule has 3 aliphatic rings. The Bertz CT molecular complexity index is 1940. The van der Waals surface area contributed by atoms with Crippen LogP contribution in [-0.4, -0.2) is 86.0 Å². The van der Waals surface area contributed by atoms with Crippen LogP contribution in [0.15, 0.2) is 23.6 Å². The molecule has 2 heterocycles. The van der Waals surface area contributed by atoms with Crippen LogP contribution in [0.2, 0.25) is 0 Å². The molecule has 0 saturated heterocycles. The van der Waals surface area contributed by atoms with E-state index in [0.717, 1.165) is 60.2 Å². The van der Waals surface area contributed by atoms with Crippen LogP contribution in [0.25, 0.3) is 21.6 Å². The lowest BCUT2D eigenvalue weighted by Crippen LogP contribution is -2.54. The molecule has 0 radical (unpaired) electrons. The van der Waals surface area contributed by atoms with Crippen molar-refractivity contribution in [3.8, 4) is 22.2 Å². The molecule has 3 saturated carbocycles. The minimum atomic E-state index is -3.81. The van der Waals surface area contributed by atoms with E-state index in [2.05, 4.69) is 28.8 Å². The highest BCUT2D eigenvalue weighted by atomic mass is 32.2. The number of carbonyl (C=O) groups is 3. The van der Waals surface area contributed by atoms with E-state index < -0.39 is 50.6 Å². The number of unbranched alkanes of at least 4 members (excludes halogenated alkanes) is 3. The van der Waals surface area contributed by atoms with Crippen molar-refractivity contribution in [3.05, 3.63) is 34.8 Å². The first-order valence-electron chi connectivity index (χ1n) is 18.8. The van der Waals surface area contributed by atoms with Crippen LogP contribution in [-0.2, 0) is 24.4 Å². The van der Waals surface area contributed by atoms with E-state index in [9.17, 15) is 22.8 Å². The largest absolute Gasteiger partial charge is 0.496 e. The van der Waals surface area contributed by atoms with Gasteiger partial charge >= 0.3 is 0 Å². The predicted molar refractivity (Wildman–Crippen MR) is 206 cm³/mol. The second-order valence-electron chi connectivity index (χ2n) is 15.7. The highest BCUT2D eigenvalue weighted by Crippen LogP contribution is 2.49. The average molecular weight is 768 g/mol. The van der Waals surface area contributed by atoms with E-state index in [1.54, 1.807) is 7.11 Å². The zero-order valence-corrected chi connectivity index (χ0v) is 33.3. The third-order valence-corrected chi connectivity index (χ3v) is 13.7. The maximum Gasteiger partial charge on any atom is 0.259 e. The lowest BCUT2D eigenvalue weighted by atomic mass is 9.95. The number of aromatic nitrogens is 2. The maximum atomic E-state index is 14.0. The number of nitrogens with zero attached hydrogens (tertiary/aromatic N) is 3. The minimum Gasteiger partial charge on any atom is -0.496 e. The first kappa shape index (κ1) is 39.1. The van der Waals surface area contributed by atoms with Crippen LogP contribution in [0, 0.1) is 24.7 Å². The minimum absolute atomic E-state index is 0.179. The van der Waals surface area contributed by atoms with Crippen molar-refractivity contribution >= 4 is 50.4 Å². The lowest BCUT2D eigenvalue weighted by molar-refractivity contribution is -0.133. The highest BCUT2D eigenvalue weighted by Gasteiger charge is 2.62. The smallest absolute Gasteiger partial charge is 0.259 e. The molecule has 2 aromatic heterocycles. The number of hydrogen-bond donors (Lipinski definition) is 2. The summed E-state index contributed by atoms with van der Waals surface area (Å²) < 4.78 is 40.1. The number of benzene rings is 1. The summed E-state index contributed by atoms with van der Waals surface area (Å²) in [6.07, 6.45) is 7.00. The molecule has 2 N–H and O–H groups in total. The first-order valence-corrected chi connectivity index (χ1v) is 21.3. The van der Waals surface area contributed by atoms with Gasteiger partial charge in [-0.1, -0.05) is 33.1 Å². The molecule has 0 bridgehead atoms. The van der Waals surface area contributed by atoms with E-state index in [1.165, 1.54) is 11.3 Å². The number of aryl methyl sites for hydroxylation is 1. The van der Waals surface area contributed by atoms with Gasteiger partial charge < -0.3 is 24.5 Å². The Morgan fingerprint density at radius 1 is 1.09 bits per heavy atom. The van der Waals surface area contributed by atoms with Gasteiger partial charge in [0.2, 0.25) is 15.9 Å².